The zero-order chi connectivity index (χ0) is 13.8. The Balaban J connectivity index is 1.80. The van der Waals surface area contributed by atoms with Gasteiger partial charge in [-0.05, 0) is 31.8 Å². The highest BCUT2D eigenvalue weighted by molar-refractivity contribution is 6.32. The van der Waals surface area contributed by atoms with E-state index in [0.29, 0.717) is 11.1 Å². The number of nitrogens with zero attached hydrogens (tertiary/aromatic N) is 2. The Morgan fingerprint density at radius 2 is 2.16 bits per heavy atom. The molecule has 0 saturated carbocycles. The highest BCUT2D eigenvalue weighted by Gasteiger charge is 2.21. The zero-order valence-corrected chi connectivity index (χ0v) is 12.3. The van der Waals surface area contributed by atoms with Crippen molar-refractivity contribution in [3.05, 3.63) is 28.8 Å². The number of benzene rings is 1. The van der Waals surface area contributed by atoms with E-state index < -0.39 is 0 Å². The van der Waals surface area contributed by atoms with Gasteiger partial charge in [0.2, 0.25) is 0 Å². The predicted octanol–water partition coefficient (Wildman–Crippen LogP) is 1.38. The van der Waals surface area contributed by atoms with Gasteiger partial charge in [0.15, 0.2) is 0 Å². The standard InChI is InChI=1S/C14H22ClN3O/c1-17-5-6-18(2)12(10-17)9-16-8-11-3-4-14(19)13(15)7-11/h3-4,7,12,16,19H,5-6,8-10H2,1-2H3. The molecule has 2 N–H and O–H groups in total. The number of nitrogens with one attached hydrogen (secondary N) is 1. The van der Waals surface area contributed by atoms with Crippen molar-refractivity contribution in [1.82, 2.24) is 15.1 Å². The number of phenols is 1. The maximum Gasteiger partial charge on any atom is 0.134 e. The van der Waals surface area contributed by atoms with E-state index in [1.165, 1.54) is 0 Å². The predicted molar refractivity (Wildman–Crippen MR) is 78.7 cm³/mol. The third-order valence-electron chi connectivity index (χ3n) is 3.70. The Morgan fingerprint density at radius 3 is 2.89 bits per heavy atom. The summed E-state index contributed by atoms with van der Waals surface area (Å²) in [6.07, 6.45) is 0. The van der Waals surface area contributed by atoms with E-state index in [1.807, 2.05) is 6.07 Å². The van der Waals surface area contributed by atoms with Crippen molar-refractivity contribution in [2.24, 2.45) is 0 Å². The molecule has 19 heavy (non-hydrogen) atoms. The lowest BCUT2D eigenvalue weighted by molar-refractivity contribution is 0.113. The number of halogens is 1. The van der Waals surface area contributed by atoms with Crippen LogP contribution in [0.2, 0.25) is 5.02 Å². The summed E-state index contributed by atoms with van der Waals surface area (Å²) in [5.74, 6) is 0.138. The van der Waals surface area contributed by atoms with E-state index in [4.69, 9.17) is 11.6 Å². The van der Waals surface area contributed by atoms with Crippen molar-refractivity contribution in [2.75, 3.05) is 40.3 Å². The molecule has 1 unspecified atom stereocenters. The minimum absolute atomic E-state index is 0.138. The number of likely N-dealkylation sites (N-methyl/N-ethyl adjacent to an activating group) is 2. The van der Waals surface area contributed by atoms with Crippen LogP contribution in [0.3, 0.4) is 0 Å². The lowest BCUT2D eigenvalue weighted by Crippen LogP contribution is -2.53. The highest BCUT2D eigenvalue weighted by Crippen LogP contribution is 2.23. The van der Waals surface area contributed by atoms with E-state index in [-0.39, 0.29) is 5.75 Å². The van der Waals surface area contributed by atoms with Gasteiger partial charge in [-0.25, -0.2) is 0 Å². The summed E-state index contributed by atoms with van der Waals surface area (Å²) < 4.78 is 0. The second-order valence-electron chi connectivity index (χ2n) is 5.31. The van der Waals surface area contributed by atoms with Crippen LogP contribution < -0.4 is 5.32 Å². The van der Waals surface area contributed by atoms with Crippen LogP contribution in [0.25, 0.3) is 0 Å². The van der Waals surface area contributed by atoms with Gasteiger partial charge in [0.25, 0.3) is 0 Å². The first-order chi connectivity index (χ1) is 9.06. The molecule has 1 fully saturated rings. The van der Waals surface area contributed by atoms with E-state index >= 15 is 0 Å². The minimum Gasteiger partial charge on any atom is -0.506 e. The fourth-order valence-corrected chi connectivity index (χ4v) is 2.57. The first-order valence-electron chi connectivity index (χ1n) is 6.63. The number of hydrogen-bond acceptors (Lipinski definition) is 4. The molecule has 1 aromatic carbocycles. The molecule has 1 atom stereocenters. The highest BCUT2D eigenvalue weighted by atomic mass is 35.5. The van der Waals surface area contributed by atoms with Crippen molar-refractivity contribution in [1.29, 1.82) is 0 Å². The Kier molecular flexibility index (Phi) is 5.05. The molecule has 0 bridgehead atoms. The summed E-state index contributed by atoms with van der Waals surface area (Å²) in [5, 5.41) is 13.2. The number of piperazine rings is 1. The van der Waals surface area contributed by atoms with Gasteiger partial charge in [-0.15, -0.1) is 0 Å². The summed E-state index contributed by atoms with van der Waals surface area (Å²) >= 11 is 5.89. The zero-order valence-electron chi connectivity index (χ0n) is 11.6. The van der Waals surface area contributed by atoms with Crippen LogP contribution in [0.4, 0.5) is 0 Å². The summed E-state index contributed by atoms with van der Waals surface area (Å²) in [6, 6.07) is 5.89. The van der Waals surface area contributed by atoms with Gasteiger partial charge in [-0.1, -0.05) is 17.7 Å². The van der Waals surface area contributed by atoms with Gasteiger partial charge in [0.05, 0.1) is 5.02 Å². The normalized spacial score (nSPS) is 21.7. The molecule has 2 rings (SSSR count). The summed E-state index contributed by atoms with van der Waals surface area (Å²) in [7, 11) is 4.34. The molecule has 1 saturated heterocycles. The molecule has 1 heterocycles. The molecule has 0 spiro atoms. The smallest absolute Gasteiger partial charge is 0.134 e. The molecule has 0 aliphatic carbocycles. The summed E-state index contributed by atoms with van der Waals surface area (Å²) in [6.45, 7) is 5.08. The number of rotatable bonds is 4. The fourth-order valence-electron chi connectivity index (χ4n) is 2.37. The average molecular weight is 284 g/mol. The Bertz CT molecular complexity index is 427. The molecular formula is C14H22ClN3O. The Morgan fingerprint density at radius 1 is 1.37 bits per heavy atom. The fraction of sp³-hybridized carbons (Fsp3) is 0.571. The third-order valence-corrected chi connectivity index (χ3v) is 4.00. The lowest BCUT2D eigenvalue weighted by atomic mass is 10.1. The van der Waals surface area contributed by atoms with Gasteiger partial charge in [0, 0.05) is 38.8 Å². The quantitative estimate of drug-likeness (QED) is 0.876. The van der Waals surface area contributed by atoms with Gasteiger partial charge >= 0.3 is 0 Å². The molecular weight excluding hydrogens is 262 g/mol. The molecule has 106 valence electrons. The molecule has 0 radical (unpaired) electrons. The van der Waals surface area contributed by atoms with Gasteiger partial charge in [-0.3, -0.25) is 4.90 Å². The maximum absolute atomic E-state index is 9.37. The molecule has 5 heteroatoms. The second-order valence-corrected chi connectivity index (χ2v) is 5.72. The maximum atomic E-state index is 9.37. The number of phenolic OH excluding ortho intramolecular Hbond substituents is 1. The molecule has 1 aliphatic heterocycles. The number of hydrogen-bond donors (Lipinski definition) is 2. The Hall–Kier alpha value is -0.810. The average Bonchev–Trinajstić information content (AvgIpc) is 2.38. The van der Waals surface area contributed by atoms with E-state index in [2.05, 4.69) is 29.2 Å². The molecule has 0 amide bonds. The van der Waals surface area contributed by atoms with Gasteiger partial charge in [0.1, 0.15) is 5.75 Å². The van der Waals surface area contributed by atoms with Crippen LogP contribution in [0.5, 0.6) is 5.75 Å². The topological polar surface area (TPSA) is 38.7 Å². The minimum atomic E-state index is 0.138. The third kappa shape index (κ3) is 4.08. The second kappa shape index (κ2) is 6.57. The van der Waals surface area contributed by atoms with Crippen LogP contribution in [-0.4, -0.2) is 61.2 Å². The van der Waals surface area contributed by atoms with Gasteiger partial charge in [-0.2, -0.15) is 0 Å². The van der Waals surface area contributed by atoms with Crippen LogP contribution >= 0.6 is 11.6 Å². The molecule has 4 nitrogen and oxygen atoms in total. The van der Waals surface area contributed by atoms with Crippen molar-refractivity contribution in [3.8, 4) is 5.75 Å². The van der Waals surface area contributed by atoms with Crippen molar-refractivity contribution >= 4 is 11.6 Å². The van der Waals surface area contributed by atoms with E-state index in [9.17, 15) is 5.11 Å². The van der Waals surface area contributed by atoms with Crippen molar-refractivity contribution in [2.45, 2.75) is 12.6 Å². The molecule has 0 aromatic heterocycles. The number of aromatic hydroxyl groups is 1. The molecule has 1 aromatic rings. The summed E-state index contributed by atoms with van der Waals surface area (Å²) in [4.78, 5) is 4.76. The van der Waals surface area contributed by atoms with Crippen LogP contribution in [0.15, 0.2) is 18.2 Å². The van der Waals surface area contributed by atoms with Crippen molar-refractivity contribution in [3.63, 3.8) is 0 Å². The molecule has 1 aliphatic rings. The van der Waals surface area contributed by atoms with Crippen LogP contribution in [0.1, 0.15) is 5.56 Å². The van der Waals surface area contributed by atoms with Gasteiger partial charge < -0.3 is 15.3 Å². The van der Waals surface area contributed by atoms with Crippen LogP contribution in [-0.2, 0) is 6.54 Å². The largest absolute Gasteiger partial charge is 0.506 e. The van der Waals surface area contributed by atoms with Crippen LogP contribution in [0, 0.1) is 0 Å². The van der Waals surface area contributed by atoms with E-state index in [0.717, 1.165) is 38.3 Å². The Labute approximate surface area is 120 Å². The van der Waals surface area contributed by atoms with Crippen molar-refractivity contribution < 1.29 is 5.11 Å². The SMILES string of the molecule is CN1CCN(C)C(CNCc2ccc(O)c(Cl)c2)C1. The first kappa shape index (κ1) is 14.6. The monoisotopic (exact) mass is 283 g/mol. The lowest BCUT2D eigenvalue weighted by Gasteiger charge is -2.37. The summed E-state index contributed by atoms with van der Waals surface area (Å²) in [5.41, 5.74) is 1.09. The first-order valence-corrected chi connectivity index (χ1v) is 7.01. The van der Waals surface area contributed by atoms with E-state index in [1.54, 1.807) is 12.1 Å².